The van der Waals surface area contributed by atoms with Crippen molar-refractivity contribution in [3.8, 4) is 11.8 Å². The summed E-state index contributed by atoms with van der Waals surface area (Å²) in [6.07, 6.45) is 0.0959. The molecular weight excluding hydrogens is 226 g/mol. The molecule has 0 spiro atoms. The number of rotatable bonds is 3. The van der Waals surface area contributed by atoms with E-state index in [0.717, 1.165) is 0 Å². The standard InChI is InChI=1S/C15H11NO2/c16-11-13-7-5-4-6-12(13)10-15(17)18-14-8-2-1-3-9-14/h1-9H,10H2. The van der Waals surface area contributed by atoms with E-state index < -0.39 is 0 Å². The van der Waals surface area contributed by atoms with Crippen LogP contribution in [-0.4, -0.2) is 5.97 Å². The molecule has 0 aromatic heterocycles. The van der Waals surface area contributed by atoms with Gasteiger partial charge in [0.25, 0.3) is 0 Å². The van der Waals surface area contributed by atoms with Gasteiger partial charge in [-0.1, -0.05) is 36.4 Å². The summed E-state index contributed by atoms with van der Waals surface area (Å²) in [6.45, 7) is 0. The van der Waals surface area contributed by atoms with Crippen LogP contribution in [0.25, 0.3) is 0 Å². The van der Waals surface area contributed by atoms with Gasteiger partial charge in [0, 0.05) is 0 Å². The van der Waals surface area contributed by atoms with Gasteiger partial charge in [0.2, 0.25) is 0 Å². The largest absolute Gasteiger partial charge is 0.426 e. The molecule has 0 unspecified atom stereocenters. The van der Waals surface area contributed by atoms with E-state index in [1.165, 1.54) is 0 Å². The first-order valence-electron chi connectivity index (χ1n) is 5.53. The maximum atomic E-state index is 11.7. The van der Waals surface area contributed by atoms with Crippen molar-refractivity contribution in [1.29, 1.82) is 5.26 Å². The molecule has 0 amide bonds. The molecule has 18 heavy (non-hydrogen) atoms. The van der Waals surface area contributed by atoms with Crippen LogP contribution in [0.2, 0.25) is 0 Å². The molecular formula is C15H11NO2. The van der Waals surface area contributed by atoms with Gasteiger partial charge in [0.05, 0.1) is 18.1 Å². The SMILES string of the molecule is N#Cc1ccccc1CC(=O)Oc1ccccc1. The lowest BCUT2D eigenvalue weighted by Gasteiger charge is -2.05. The van der Waals surface area contributed by atoms with Crippen LogP contribution in [0.4, 0.5) is 0 Å². The maximum absolute atomic E-state index is 11.7. The maximum Gasteiger partial charge on any atom is 0.315 e. The number of carbonyl (C=O) groups is 1. The minimum absolute atomic E-state index is 0.0959. The Labute approximate surface area is 105 Å². The number of nitrogens with zero attached hydrogens (tertiary/aromatic N) is 1. The molecule has 0 saturated heterocycles. The van der Waals surface area contributed by atoms with Crippen molar-refractivity contribution in [1.82, 2.24) is 0 Å². The third-order valence-electron chi connectivity index (χ3n) is 2.45. The van der Waals surface area contributed by atoms with E-state index in [1.54, 1.807) is 48.5 Å². The van der Waals surface area contributed by atoms with Crippen LogP contribution < -0.4 is 4.74 Å². The van der Waals surface area contributed by atoms with Crippen LogP contribution in [0.5, 0.6) is 5.75 Å². The van der Waals surface area contributed by atoms with E-state index in [1.807, 2.05) is 6.07 Å². The molecule has 0 bridgehead atoms. The summed E-state index contributed by atoms with van der Waals surface area (Å²) >= 11 is 0. The van der Waals surface area contributed by atoms with Crippen molar-refractivity contribution in [2.45, 2.75) is 6.42 Å². The highest BCUT2D eigenvalue weighted by molar-refractivity contribution is 5.76. The van der Waals surface area contributed by atoms with Gasteiger partial charge in [-0.05, 0) is 23.8 Å². The predicted molar refractivity (Wildman–Crippen MR) is 66.9 cm³/mol. The van der Waals surface area contributed by atoms with Gasteiger partial charge in [-0.15, -0.1) is 0 Å². The molecule has 2 rings (SSSR count). The summed E-state index contributed by atoms with van der Waals surface area (Å²) in [7, 11) is 0. The molecule has 0 saturated carbocycles. The summed E-state index contributed by atoms with van der Waals surface area (Å²) in [5, 5.41) is 8.92. The van der Waals surface area contributed by atoms with Crippen LogP contribution in [0.15, 0.2) is 54.6 Å². The number of nitriles is 1. The fourth-order valence-corrected chi connectivity index (χ4v) is 1.60. The van der Waals surface area contributed by atoms with Crippen molar-refractivity contribution >= 4 is 5.97 Å². The second-order valence-corrected chi connectivity index (χ2v) is 3.73. The van der Waals surface area contributed by atoms with Gasteiger partial charge in [0.1, 0.15) is 5.75 Å². The summed E-state index contributed by atoms with van der Waals surface area (Å²) in [4.78, 5) is 11.7. The topological polar surface area (TPSA) is 50.1 Å². The second kappa shape index (κ2) is 5.65. The second-order valence-electron chi connectivity index (χ2n) is 3.73. The smallest absolute Gasteiger partial charge is 0.315 e. The lowest BCUT2D eigenvalue weighted by Crippen LogP contribution is -2.12. The first-order valence-corrected chi connectivity index (χ1v) is 5.53. The molecule has 2 aromatic rings. The predicted octanol–water partition coefficient (Wildman–Crippen LogP) is 2.71. The van der Waals surface area contributed by atoms with Crippen LogP contribution in [-0.2, 0) is 11.2 Å². The van der Waals surface area contributed by atoms with E-state index in [-0.39, 0.29) is 12.4 Å². The number of benzene rings is 2. The number of hydrogen-bond acceptors (Lipinski definition) is 3. The lowest BCUT2D eigenvalue weighted by molar-refractivity contribution is -0.133. The molecule has 3 nitrogen and oxygen atoms in total. The highest BCUT2D eigenvalue weighted by Gasteiger charge is 2.09. The first kappa shape index (κ1) is 11.9. The molecule has 0 fully saturated rings. The Hall–Kier alpha value is -2.60. The average molecular weight is 237 g/mol. The third-order valence-corrected chi connectivity index (χ3v) is 2.45. The Bertz CT molecular complexity index is 585. The van der Waals surface area contributed by atoms with Crippen molar-refractivity contribution < 1.29 is 9.53 Å². The highest BCUT2D eigenvalue weighted by Crippen LogP contribution is 2.12. The van der Waals surface area contributed by atoms with Gasteiger partial charge in [-0.3, -0.25) is 4.79 Å². The molecule has 0 aliphatic heterocycles. The van der Waals surface area contributed by atoms with Crippen molar-refractivity contribution in [2.75, 3.05) is 0 Å². The van der Waals surface area contributed by atoms with Crippen molar-refractivity contribution in [3.63, 3.8) is 0 Å². The van der Waals surface area contributed by atoms with Crippen LogP contribution in [0.3, 0.4) is 0 Å². The highest BCUT2D eigenvalue weighted by atomic mass is 16.5. The zero-order valence-corrected chi connectivity index (χ0v) is 9.67. The molecule has 0 aliphatic carbocycles. The Morgan fingerprint density at radius 1 is 1.06 bits per heavy atom. The lowest BCUT2D eigenvalue weighted by atomic mass is 10.1. The Balaban J connectivity index is 2.06. The molecule has 2 aromatic carbocycles. The van der Waals surface area contributed by atoms with Gasteiger partial charge < -0.3 is 4.74 Å². The summed E-state index contributed by atoms with van der Waals surface area (Å²) in [6, 6.07) is 17.9. The minimum Gasteiger partial charge on any atom is -0.426 e. The first-order chi connectivity index (χ1) is 8.79. The third kappa shape index (κ3) is 2.96. The molecule has 0 heterocycles. The van der Waals surface area contributed by atoms with E-state index in [9.17, 15) is 4.79 Å². The number of hydrogen-bond donors (Lipinski definition) is 0. The van der Waals surface area contributed by atoms with Crippen molar-refractivity contribution in [2.24, 2.45) is 0 Å². The number of ether oxygens (including phenoxy) is 1. The quantitative estimate of drug-likeness (QED) is 0.609. The fraction of sp³-hybridized carbons (Fsp3) is 0.0667. The minimum atomic E-state index is -0.371. The van der Waals surface area contributed by atoms with E-state index >= 15 is 0 Å². The van der Waals surface area contributed by atoms with Gasteiger partial charge in [0.15, 0.2) is 0 Å². The molecule has 0 aliphatic rings. The van der Waals surface area contributed by atoms with Gasteiger partial charge in [-0.2, -0.15) is 5.26 Å². The molecule has 88 valence electrons. The monoisotopic (exact) mass is 237 g/mol. The molecule has 0 radical (unpaired) electrons. The Morgan fingerprint density at radius 3 is 2.44 bits per heavy atom. The normalized spacial score (nSPS) is 9.50. The Kier molecular flexibility index (Phi) is 3.72. The van der Waals surface area contributed by atoms with Gasteiger partial charge >= 0.3 is 5.97 Å². The molecule has 3 heteroatoms. The summed E-state index contributed by atoms with van der Waals surface area (Å²) in [5.41, 5.74) is 1.18. The van der Waals surface area contributed by atoms with Crippen LogP contribution >= 0.6 is 0 Å². The van der Waals surface area contributed by atoms with Crippen LogP contribution in [0, 0.1) is 11.3 Å². The summed E-state index contributed by atoms with van der Waals surface area (Å²) in [5.74, 6) is 0.140. The number of carbonyl (C=O) groups excluding carboxylic acids is 1. The molecule has 0 atom stereocenters. The average Bonchev–Trinajstić information content (AvgIpc) is 2.40. The summed E-state index contributed by atoms with van der Waals surface area (Å²) < 4.78 is 5.17. The van der Waals surface area contributed by atoms with E-state index in [2.05, 4.69) is 6.07 Å². The molecule has 0 N–H and O–H groups in total. The zero-order valence-electron chi connectivity index (χ0n) is 9.67. The van der Waals surface area contributed by atoms with Gasteiger partial charge in [-0.25, -0.2) is 0 Å². The van der Waals surface area contributed by atoms with E-state index in [4.69, 9.17) is 10.00 Å². The Morgan fingerprint density at radius 2 is 1.72 bits per heavy atom. The van der Waals surface area contributed by atoms with Crippen molar-refractivity contribution in [3.05, 3.63) is 65.7 Å². The number of esters is 1. The zero-order chi connectivity index (χ0) is 12.8. The fourth-order valence-electron chi connectivity index (χ4n) is 1.60. The number of para-hydroxylation sites is 1. The van der Waals surface area contributed by atoms with E-state index in [0.29, 0.717) is 16.9 Å². The van der Waals surface area contributed by atoms with Crippen LogP contribution in [0.1, 0.15) is 11.1 Å².